The Bertz CT molecular complexity index is 1040. The van der Waals surface area contributed by atoms with Crippen molar-refractivity contribution in [1.29, 1.82) is 0 Å². The number of hydrogen-bond acceptors (Lipinski definition) is 6. The molecule has 10 heteroatoms. The van der Waals surface area contributed by atoms with E-state index in [0.29, 0.717) is 56.6 Å². The highest BCUT2D eigenvalue weighted by atomic mass is 16.5. The lowest BCUT2D eigenvalue weighted by atomic mass is 10.0. The molecule has 1 aliphatic heterocycles. The fourth-order valence-electron chi connectivity index (χ4n) is 3.65. The van der Waals surface area contributed by atoms with Crippen LogP contribution in [0.25, 0.3) is 0 Å². The van der Waals surface area contributed by atoms with Gasteiger partial charge in [0.05, 0.1) is 19.6 Å². The number of anilines is 2. The molecule has 0 bridgehead atoms. The van der Waals surface area contributed by atoms with Crippen molar-refractivity contribution in [2.24, 2.45) is 0 Å². The lowest BCUT2D eigenvalue weighted by Crippen LogP contribution is -2.45. The number of carboxylic acid groups (broad SMARTS) is 1. The van der Waals surface area contributed by atoms with Gasteiger partial charge in [0.1, 0.15) is 11.6 Å². The van der Waals surface area contributed by atoms with Crippen molar-refractivity contribution < 1.29 is 19.4 Å². The van der Waals surface area contributed by atoms with Gasteiger partial charge in [0.15, 0.2) is 0 Å². The normalized spacial score (nSPS) is 14.1. The molecule has 0 radical (unpaired) electrons. The number of carbonyl (C=O) groups is 2. The largest absolute Gasteiger partial charge is 0.465 e. The summed E-state index contributed by atoms with van der Waals surface area (Å²) >= 11 is 0. The fraction of sp³-hybridized carbons (Fsp3) is 0.478. The molecule has 3 N–H and O–H groups in total. The first-order chi connectivity index (χ1) is 15.6. The van der Waals surface area contributed by atoms with E-state index in [2.05, 4.69) is 15.3 Å². The van der Waals surface area contributed by atoms with E-state index < -0.39 is 11.6 Å². The van der Waals surface area contributed by atoms with Crippen LogP contribution in [0.5, 0.6) is 0 Å². The molecule has 1 aromatic carbocycles. The van der Waals surface area contributed by atoms with Crippen molar-refractivity contribution in [3.8, 4) is 0 Å². The summed E-state index contributed by atoms with van der Waals surface area (Å²) in [5.41, 5.74) is 0.696. The van der Waals surface area contributed by atoms with Crippen LogP contribution in [0.3, 0.4) is 0 Å². The van der Waals surface area contributed by atoms with Crippen LogP contribution >= 0.6 is 0 Å². The van der Waals surface area contributed by atoms with E-state index in [1.165, 1.54) is 11.0 Å². The number of rotatable bonds is 7. The number of H-pyrrole nitrogens is 1. The van der Waals surface area contributed by atoms with Crippen molar-refractivity contribution >= 4 is 23.5 Å². The molecule has 33 heavy (non-hydrogen) atoms. The van der Waals surface area contributed by atoms with Crippen LogP contribution in [0.2, 0.25) is 0 Å². The predicted molar refractivity (Wildman–Crippen MR) is 125 cm³/mol. The molecule has 0 aliphatic carbocycles. The smallest absolute Gasteiger partial charge is 0.407 e. The average Bonchev–Trinajstić information content (AvgIpc) is 2.73. The SMILES string of the molecule is CC(C)(C)N(CCc1cccc(NC(=O)Cc2nc(N3CCOCC3)cc(=O)[nH]2)c1)C(=O)O. The van der Waals surface area contributed by atoms with E-state index in [4.69, 9.17) is 4.74 Å². The van der Waals surface area contributed by atoms with Crippen LogP contribution < -0.4 is 15.8 Å². The van der Waals surface area contributed by atoms with Gasteiger partial charge < -0.3 is 29.9 Å². The molecule has 2 amide bonds. The molecule has 2 heterocycles. The quantitative estimate of drug-likeness (QED) is 0.581. The number of benzene rings is 1. The van der Waals surface area contributed by atoms with Crippen molar-refractivity contribution in [3.05, 3.63) is 52.1 Å². The zero-order valence-corrected chi connectivity index (χ0v) is 19.3. The van der Waals surface area contributed by atoms with Crippen LogP contribution in [-0.2, 0) is 22.4 Å². The summed E-state index contributed by atoms with van der Waals surface area (Å²) in [6.45, 7) is 8.32. The van der Waals surface area contributed by atoms with E-state index in [1.54, 1.807) is 6.07 Å². The Morgan fingerprint density at radius 3 is 2.64 bits per heavy atom. The molecule has 1 aromatic heterocycles. The van der Waals surface area contributed by atoms with Crippen LogP contribution in [0, 0.1) is 0 Å². The summed E-state index contributed by atoms with van der Waals surface area (Å²) in [5.74, 6) is 0.518. The topological polar surface area (TPSA) is 128 Å². The van der Waals surface area contributed by atoms with E-state index in [-0.39, 0.29) is 17.9 Å². The number of aromatic nitrogens is 2. The highest BCUT2D eigenvalue weighted by Gasteiger charge is 2.25. The average molecular weight is 458 g/mol. The first-order valence-corrected chi connectivity index (χ1v) is 10.9. The minimum Gasteiger partial charge on any atom is -0.465 e. The second-order valence-corrected chi connectivity index (χ2v) is 8.93. The first kappa shape index (κ1) is 24.2. The van der Waals surface area contributed by atoms with Gasteiger partial charge in [0.2, 0.25) is 5.91 Å². The van der Waals surface area contributed by atoms with Crippen LogP contribution in [0.1, 0.15) is 32.2 Å². The van der Waals surface area contributed by atoms with E-state index >= 15 is 0 Å². The molecular weight excluding hydrogens is 426 g/mol. The van der Waals surface area contributed by atoms with Gasteiger partial charge in [0, 0.05) is 36.9 Å². The Labute approximate surface area is 192 Å². The molecule has 178 valence electrons. The van der Waals surface area contributed by atoms with E-state index in [1.807, 2.05) is 43.9 Å². The molecule has 1 fully saturated rings. The lowest BCUT2D eigenvalue weighted by Gasteiger charge is -2.33. The zero-order chi connectivity index (χ0) is 24.0. The van der Waals surface area contributed by atoms with Crippen LogP contribution in [0.15, 0.2) is 35.1 Å². The molecule has 10 nitrogen and oxygen atoms in total. The molecule has 2 aromatic rings. The Balaban J connectivity index is 1.62. The monoisotopic (exact) mass is 457 g/mol. The van der Waals surface area contributed by atoms with Gasteiger partial charge in [-0.1, -0.05) is 12.1 Å². The maximum Gasteiger partial charge on any atom is 0.407 e. The minimum atomic E-state index is -0.965. The van der Waals surface area contributed by atoms with Crippen molar-refractivity contribution in [2.45, 2.75) is 39.2 Å². The number of hydrogen-bond donors (Lipinski definition) is 3. The highest BCUT2D eigenvalue weighted by Crippen LogP contribution is 2.17. The maximum absolute atomic E-state index is 12.6. The second-order valence-electron chi connectivity index (χ2n) is 8.93. The molecule has 0 saturated carbocycles. The van der Waals surface area contributed by atoms with Gasteiger partial charge in [0.25, 0.3) is 5.56 Å². The fourth-order valence-corrected chi connectivity index (χ4v) is 3.65. The summed E-state index contributed by atoms with van der Waals surface area (Å²) in [5, 5.41) is 12.3. The Hall–Kier alpha value is -3.40. The molecule has 1 aliphatic rings. The number of nitrogens with one attached hydrogen (secondary N) is 2. The Morgan fingerprint density at radius 1 is 1.24 bits per heavy atom. The molecule has 1 saturated heterocycles. The predicted octanol–water partition coefficient (Wildman–Crippen LogP) is 2.11. The third kappa shape index (κ3) is 7.04. The Morgan fingerprint density at radius 2 is 1.97 bits per heavy atom. The zero-order valence-electron chi connectivity index (χ0n) is 19.3. The molecule has 0 unspecified atom stereocenters. The first-order valence-electron chi connectivity index (χ1n) is 10.9. The maximum atomic E-state index is 12.6. The van der Waals surface area contributed by atoms with Crippen molar-refractivity contribution in [3.63, 3.8) is 0 Å². The van der Waals surface area contributed by atoms with E-state index in [0.717, 1.165) is 5.56 Å². The summed E-state index contributed by atoms with van der Waals surface area (Å²) in [6, 6.07) is 8.71. The van der Waals surface area contributed by atoms with Crippen LogP contribution in [-0.4, -0.2) is 70.4 Å². The van der Waals surface area contributed by atoms with Gasteiger partial charge in [-0.05, 0) is 44.9 Å². The summed E-state index contributed by atoms with van der Waals surface area (Å²) in [4.78, 5) is 46.6. The Kier molecular flexibility index (Phi) is 7.70. The standard InChI is InChI=1S/C23H31N5O5/c1-23(2,3)28(22(31)32)8-7-16-5-4-6-17(13-16)24-20(29)14-18-25-19(15-21(30)26-18)27-9-11-33-12-10-27/h4-6,13,15H,7-12,14H2,1-3H3,(H,24,29)(H,31,32)(H,25,26,30). The summed E-state index contributed by atoms with van der Waals surface area (Å²) in [7, 11) is 0. The lowest BCUT2D eigenvalue weighted by molar-refractivity contribution is -0.115. The van der Waals surface area contributed by atoms with Gasteiger partial charge in [-0.15, -0.1) is 0 Å². The van der Waals surface area contributed by atoms with E-state index in [9.17, 15) is 19.5 Å². The third-order valence-corrected chi connectivity index (χ3v) is 5.32. The number of morpholine rings is 1. The molecule has 3 rings (SSSR count). The summed E-state index contributed by atoms with van der Waals surface area (Å²) < 4.78 is 5.33. The third-order valence-electron chi connectivity index (χ3n) is 5.32. The number of aromatic amines is 1. The van der Waals surface area contributed by atoms with Gasteiger partial charge in [-0.2, -0.15) is 0 Å². The van der Waals surface area contributed by atoms with Gasteiger partial charge >= 0.3 is 6.09 Å². The van der Waals surface area contributed by atoms with Crippen molar-refractivity contribution in [1.82, 2.24) is 14.9 Å². The number of amides is 2. The number of nitrogens with zero attached hydrogens (tertiary/aromatic N) is 3. The summed E-state index contributed by atoms with van der Waals surface area (Å²) in [6.07, 6.45) is -0.522. The van der Waals surface area contributed by atoms with Gasteiger partial charge in [-0.3, -0.25) is 9.59 Å². The highest BCUT2D eigenvalue weighted by molar-refractivity contribution is 5.91. The van der Waals surface area contributed by atoms with Crippen LogP contribution in [0.4, 0.5) is 16.3 Å². The minimum absolute atomic E-state index is 0.0749. The number of carbonyl (C=O) groups excluding carboxylic acids is 1. The second kappa shape index (κ2) is 10.5. The molecule has 0 atom stereocenters. The van der Waals surface area contributed by atoms with Crippen molar-refractivity contribution in [2.75, 3.05) is 43.1 Å². The van der Waals surface area contributed by atoms with Gasteiger partial charge in [-0.25, -0.2) is 9.78 Å². The molecular formula is C23H31N5O5. The number of ether oxygens (including phenoxy) is 1. The molecule has 0 spiro atoms.